The smallest absolute Gasteiger partial charge is 0.319 e. The van der Waals surface area contributed by atoms with Gasteiger partial charge in [0.1, 0.15) is 5.41 Å². The molecule has 2 rings (SSSR count). The lowest BCUT2D eigenvalue weighted by Crippen LogP contribution is -2.41. The van der Waals surface area contributed by atoms with Crippen molar-refractivity contribution in [1.82, 2.24) is 0 Å². The van der Waals surface area contributed by atoms with Gasteiger partial charge in [0.2, 0.25) is 0 Å². The van der Waals surface area contributed by atoms with Crippen LogP contribution in [0.3, 0.4) is 0 Å². The van der Waals surface area contributed by atoms with E-state index in [-0.39, 0.29) is 17.7 Å². The highest BCUT2D eigenvalue weighted by molar-refractivity contribution is 6.81. The Balaban J connectivity index is 2.35. The monoisotopic (exact) mass is 280 g/mol. The topological polar surface area (TPSA) is 43.4 Å². The van der Waals surface area contributed by atoms with E-state index in [2.05, 4.69) is 25.3 Å². The maximum absolute atomic E-state index is 12.6. The van der Waals surface area contributed by atoms with Gasteiger partial charge in [-0.1, -0.05) is 37.3 Å². The molecule has 2 aliphatic rings. The second kappa shape index (κ2) is 4.89. The summed E-state index contributed by atoms with van der Waals surface area (Å²) < 4.78 is 5.18. The summed E-state index contributed by atoms with van der Waals surface area (Å²) >= 11 is 0. The van der Waals surface area contributed by atoms with Gasteiger partial charge in [0.25, 0.3) is 0 Å². The van der Waals surface area contributed by atoms with E-state index in [4.69, 9.17) is 4.74 Å². The van der Waals surface area contributed by atoms with Crippen molar-refractivity contribution in [3.8, 4) is 0 Å². The van der Waals surface area contributed by atoms with Gasteiger partial charge in [0, 0.05) is 5.92 Å². The SMILES string of the molecule is CCOC(=O)[C@@]12CCC[C@@H](C1=O)/C(=C/[Si](C)(C)C)C2. The molecular formula is C15H24O3Si. The number of Topliss-reactive ketones (excluding diaryl/α,β-unsaturated/α-hetero) is 1. The maximum Gasteiger partial charge on any atom is 0.319 e. The first kappa shape index (κ1) is 14.5. The predicted molar refractivity (Wildman–Crippen MR) is 77.5 cm³/mol. The van der Waals surface area contributed by atoms with Gasteiger partial charge in [-0.05, 0) is 26.2 Å². The molecule has 0 aliphatic heterocycles. The Labute approximate surface area is 116 Å². The van der Waals surface area contributed by atoms with Crippen LogP contribution in [0, 0.1) is 11.3 Å². The van der Waals surface area contributed by atoms with E-state index in [0.29, 0.717) is 19.4 Å². The molecule has 0 aromatic carbocycles. The highest BCUT2D eigenvalue weighted by Crippen LogP contribution is 2.52. The number of esters is 1. The molecular weight excluding hydrogens is 256 g/mol. The number of carbonyl (C=O) groups excluding carboxylic acids is 2. The normalized spacial score (nSPS) is 32.7. The summed E-state index contributed by atoms with van der Waals surface area (Å²) in [4.78, 5) is 24.8. The van der Waals surface area contributed by atoms with E-state index in [1.54, 1.807) is 6.92 Å². The average molecular weight is 280 g/mol. The molecule has 2 saturated carbocycles. The fraction of sp³-hybridized carbons (Fsp3) is 0.733. The Morgan fingerprint density at radius 3 is 2.74 bits per heavy atom. The van der Waals surface area contributed by atoms with Crippen LogP contribution in [0.1, 0.15) is 32.6 Å². The molecule has 0 spiro atoms. The number of rotatable bonds is 3. The van der Waals surface area contributed by atoms with E-state index in [9.17, 15) is 9.59 Å². The number of ketones is 1. The lowest BCUT2D eigenvalue weighted by Gasteiger charge is -2.28. The van der Waals surface area contributed by atoms with Gasteiger partial charge >= 0.3 is 5.97 Å². The van der Waals surface area contributed by atoms with Gasteiger partial charge < -0.3 is 4.74 Å². The molecule has 0 saturated heterocycles. The summed E-state index contributed by atoms with van der Waals surface area (Å²) in [6, 6.07) is 0. The number of ether oxygens (including phenoxy) is 1. The maximum atomic E-state index is 12.6. The molecule has 0 aromatic rings. The van der Waals surface area contributed by atoms with Crippen LogP contribution in [0.4, 0.5) is 0 Å². The largest absolute Gasteiger partial charge is 0.465 e. The van der Waals surface area contributed by atoms with E-state index in [1.165, 1.54) is 5.57 Å². The van der Waals surface area contributed by atoms with Crippen molar-refractivity contribution in [3.63, 3.8) is 0 Å². The van der Waals surface area contributed by atoms with E-state index in [0.717, 1.165) is 12.8 Å². The van der Waals surface area contributed by atoms with Gasteiger partial charge in [-0.25, -0.2) is 0 Å². The summed E-state index contributed by atoms with van der Waals surface area (Å²) in [6.45, 7) is 8.95. The van der Waals surface area contributed by atoms with E-state index < -0.39 is 13.5 Å². The molecule has 19 heavy (non-hydrogen) atoms. The molecule has 2 aliphatic carbocycles. The van der Waals surface area contributed by atoms with Gasteiger partial charge in [0.05, 0.1) is 14.7 Å². The van der Waals surface area contributed by atoms with Crippen molar-refractivity contribution in [3.05, 3.63) is 11.3 Å². The Morgan fingerprint density at radius 1 is 1.47 bits per heavy atom. The molecule has 2 bridgehead atoms. The Kier molecular flexibility index (Phi) is 3.73. The van der Waals surface area contributed by atoms with Crippen LogP contribution in [0.2, 0.25) is 19.6 Å². The third-order valence-corrected chi connectivity index (χ3v) is 5.36. The van der Waals surface area contributed by atoms with Gasteiger partial charge in [-0.2, -0.15) is 0 Å². The number of fused-ring (bicyclic) bond motifs is 2. The Morgan fingerprint density at radius 2 is 2.16 bits per heavy atom. The average Bonchev–Trinajstić information content (AvgIpc) is 2.46. The highest BCUT2D eigenvalue weighted by atomic mass is 28.3. The number of allylic oxidation sites excluding steroid dienone is 1. The van der Waals surface area contributed by atoms with Crippen LogP contribution in [-0.4, -0.2) is 26.4 Å². The van der Waals surface area contributed by atoms with Crippen LogP contribution >= 0.6 is 0 Å². The van der Waals surface area contributed by atoms with Crippen molar-refractivity contribution in [2.24, 2.45) is 11.3 Å². The standard InChI is InChI=1S/C15H24O3Si/c1-5-18-14(17)15-8-6-7-12(13(15)16)11(9-15)10-19(2,3)4/h10,12H,5-9H2,1-4H3/b11-10+/t12-,15-/m1/s1. The van der Waals surface area contributed by atoms with Crippen molar-refractivity contribution < 1.29 is 14.3 Å². The van der Waals surface area contributed by atoms with Crippen molar-refractivity contribution in [2.45, 2.75) is 52.2 Å². The lowest BCUT2D eigenvalue weighted by atomic mass is 9.74. The summed E-state index contributed by atoms with van der Waals surface area (Å²) in [6.07, 6.45) is 3.15. The fourth-order valence-electron chi connectivity index (χ4n) is 3.45. The van der Waals surface area contributed by atoms with Crippen molar-refractivity contribution in [1.29, 1.82) is 0 Å². The van der Waals surface area contributed by atoms with Gasteiger partial charge in [0.15, 0.2) is 5.78 Å². The Bertz CT molecular complexity index is 433. The van der Waals surface area contributed by atoms with E-state index in [1.807, 2.05) is 0 Å². The number of hydrogen-bond acceptors (Lipinski definition) is 3. The molecule has 2 fully saturated rings. The molecule has 0 aromatic heterocycles. The predicted octanol–water partition coefficient (Wildman–Crippen LogP) is 3.11. The second-order valence-electron chi connectivity index (χ2n) is 6.87. The molecule has 2 atom stereocenters. The minimum Gasteiger partial charge on any atom is -0.465 e. The molecule has 0 radical (unpaired) electrons. The third kappa shape index (κ3) is 2.55. The van der Waals surface area contributed by atoms with Crippen molar-refractivity contribution >= 4 is 19.8 Å². The first-order chi connectivity index (χ1) is 8.80. The molecule has 0 amide bonds. The summed E-state index contributed by atoms with van der Waals surface area (Å²) in [5, 5.41) is 0. The number of carbonyl (C=O) groups is 2. The van der Waals surface area contributed by atoms with Crippen LogP contribution in [-0.2, 0) is 14.3 Å². The third-order valence-electron chi connectivity index (χ3n) is 4.12. The molecule has 106 valence electrons. The fourth-order valence-corrected chi connectivity index (χ4v) is 4.86. The van der Waals surface area contributed by atoms with Crippen molar-refractivity contribution in [2.75, 3.05) is 6.61 Å². The Hall–Kier alpha value is -0.903. The zero-order chi connectivity index (χ0) is 14.3. The zero-order valence-electron chi connectivity index (χ0n) is 12.4. The summed E-state index contributed by atoms with van der Waals surface area (Å²) in [5.74, 6) is -0.171. The molecule has 3 nitrogen and oxygen atoms in total. The summed E-state index contributed by atoms with van der Waals surface area (Å²) in [5.41, 5.74) is 2.70. The highest BCUT2D eigenvalue weighted by Gasteiger charge is 2.58. The summed E-state index contributed by atoms with van der Waals surface area (Å²) in [7, 11) is -1.36. The van der Waals surface area contributed by atoms with Crippen LogP contribution in [0.15, 0.2) is 11.3 Å². The quantitative estimate of drug-likeness (QED) is 0.453. The first-order valence-electron chi connectivity index (χ1n) is 7.23. The number of hydrogen-bond donors (Lipinski definition) is 0. The minimum atomic E-state index is -1.36. The first-order valence-corrected chi connectivity index (χ1v) is 10.8. The molecule has 0 heterocycles. The molecule has 4 heteroatoms. The zero-order valence-corrected chi connectivity index (χ0v) is 13.4. The second-order valence-corrected chi connectivity index (χ2v) is 11.9. The van der Waals surface area contributed by atoms with Gasteiger partial charge in [-0.15, -0.1) is 0 Å². The molecule has 0 unspecified atom stereocenters. The van der Waals surface area contributed by atoms with Crippen LogP contribution in [0.25, 0.3) is 0 Å². The minimum absolute atomic E-state index is 0.00937. The van der Waals surface area contributed by atoms with E-state index >= 15 is 0 Å². The van der Waals surface area contributed by atoms with Crippen LogP contribution in [0.5, 0.6) is 0 Å². The van der Waals surface area contributed by atoms with Gasteiger partial charge in [-0.3, -0.25) is 9.59 Å². The molecule has 0 N–H and O–H groups in total. The lowest BCUT2D eigenvalue weighted by molar-refractivity contribution is -0.161. The van der Waals surface area contributed by atoms with Crippen LogP contribution < -0.4 is 0 Å².